The lowest BCUT2D eigenvalue weighted by Gasteiger charge is -2.36. The highest BCUT2D eigenvalue weighted by Crippen LogP contribution is 2.27. The molecule has 2 saturated heterocycles. The smallest absolute Gasteiger partial charge is 0.282 e. The largest absolute Gasteiger partial charge is 0.493 e. The number of carbonyl (C=O) groups excluding carboxylic acids is 1. The number of morpholine rings is 1. The summed E-state index contributed by atoms with van der Waals surface area (Å²) >= 11 is 0. The molecule has 2 fully saturated rings. The predicted molar refractivity (Wildman–Crippen MR) is 112 cm³/mol. The molecule has 1 N–H and O–H groups in total. The Bertz CT molecular complexity index is 826. The molecule has 30 heavy (non-hydrogen) atoms. The number of piperidine rings is 1. The number of nitrogens with one attached hydrogen (secondary N) is 1. The van der Waals surface area contributed by atoms with Crippen molar-refractivity contribution in [3.8, 4) is 11.5 Å². The summed E-state index contributed by atoms with van der Waals surface area (Å²) in [5.74, 6) is 0.879. The maximum atomic E-state index is 12.9. The van der Waals surface area contributed by atoms with E-state index >= 15 is 0 Å². The average Bonchev–Trinajstić information content (AvgIpc) is 2.79. The van der Waals surface area contributed by atoms with E-state index in [0.29, 0.717) is 70.2 Å². The Kier molecular flexibility index (Phi) is 7.93. The minimum absolute atomic E-state index is 0.0997. The van der Waals surface area contributed by atoms with Crippen LogP contribution < -0.4 is 14.8 Å². The second-order valence-electron chi connectivity index (χ2n) is 7.45. The fourth-order valence-corrected chi connectivity index (χ4v) is 5.48. The Labute approximate surface area is 178 Å². The Hall–Kier alpha value is -1.88. The molecule has 1 amide bonds. The van der Waals surface area contributed by atoms with Gasteiger partial charge in [0, 0.05) is 32.7 Å². The third-order valence-electron chi connectivity index (χ3n) is 5.54. The molecule has 1 aromatic rings. The second kappa shape index (κ2) is 10.4. The molecule has 3 rings (SSSR count). The number of ether oxygens (including phenoxy) is 3. The highest BCUT2D eigenvalue weighted by Gasteiger charge is 2.36. The van der Waals surface area contributed by atoms with Crippen LogP contribution in [0.1, 0.15) is 18.4 Å². The number of rotatable bonds is 8. The Morgan fingerprint density at radius 3 is 2.57 bits per heavy atom. The number of benzene rings is 1. The molecule has 168 valence electrons. The first-order chi connectivity index (χ1) is 14.5. The van der Waals surface area contributed by atoms with Gasteiger partial charge in [-0.15, -0.1) is 0 Å². The van der Waals surface area contributed by atoms with Gasteiger partial charge in [0.05, 0.1) is 33.4 Å². The van der Waals surface area contributed by atoms with Gasteiger partial charge in [-0.05, 0) is 37.0 Å². The van der Waals surface area contributed by atoms with Gasteiger partial charge >= 0.3 is 0 Å². The lowest BCUT2D eigenvalue weighted by Crippen LogP contribution is -2.53. The van der Waals surface area contributed by atoms with Crippen molar-refractivity contribution in [2.75, 3.05) is 60.2 Å². The average molecular weight is 442 g/mol. The van der Waals surface area contributed by atoms with Crippen molar-refractivity contribution in [1.29, 1.82) is 0 Å². The third-order valence-corrected chi connectivity index (χ3v) is 7.54. The van der Waals surface area contributed by atoms with Gasteiger partial charge in [0.1, 0.15) is 0 Å². The fourth-order valence-electron chi connectivity index (χ4n) is 3.82. The lowest BCUT2D eigenvalue weighted by atomic mass is 9.99. The molecule has 9 nitrogen and oxygen atoms in total. The van der Waals surface area contributed by atoms with Crippen molar-refractivity contribution >= 4 is 16.1 Å². The van der Waals surface area contributed by atoms with Gasteiger partial charge in [-0.2, -0.15) is 17.0 Å². The zero-order chi connectivity index (χ0) is 21.6. The van der Waals surface area contributed by atoms with Crippen LogP contribution in [0.3, 0.4) is 0 Å². The topological polar surface area (TPSA) is 97.4 Å². The zero-order valence-corrected chi connectivity index (χ0v) is 18.4. The molecule has 2 aliphatic heterocycles. The summed E-state index contributed by atoms with van der Waals surface area (Å²) in [5.41, 5.74) is 1.02. The van der Waals surface area contributed by atoms with E-state index in [2.05, 4.69) is 5.32 Å². The van der Waals surface area contributed by atoms with E-state index in [9.17, 15) is 13.2 Å². The van der Waals surface area contributed by atoms with Crippen molar-refractivity contribution in [1.82, 2.24) is 13.9 Å². The summed E-state index contributed by atoms with van der Waals surface area (Å²) in [6.45, 7) is 2.69. The van der Waals surface area contributed by atoms with E-state index in [0.717, 1.165) is 5.56 Å². The minimum atomic E-state index is -3.55. The summed E-state index contributed by atoms with van der Waals surface area (Å²) in [6.07, 6.45) is 2.02. The molecular formula is C20H31N3O6S. The summed E-state index contributed by atoms with van der Waals surface area (Å²) in [6, 6.07) is 5.67. The van der Waals surface area contributed by atoms with Crippen molar-refractivity contribution in [3.63, 3.8) is 0 Å². The molecule has 1 atom stereocenters. The van der Waals surface area contributed by atoms with Crippen molar-refractivity contribution in [2.45, 2.75) is 19.3 Å². The van der Waals surface area contributed by atoms with Gasteiger partial charge in [0.25, 0.3) is 10.2 Å². The van der Waals surface area contributed by atoms with Gasteiger partial charge in [-0.25, -0.2) is 0 Å². The molecule has 0 aliphatic carbocycles. The first-order valence-corrected chi connectivity index (χ1v) is 11.7. The van der Waals surface area contributed by atoms with E-state index in [4.69, 9.17) is 14.2 Å². The summed E-state index contributed by atoms with van der Waals surface area (Å²) in [7, 11) is -0.374. The molecule has 1 aromatic carbocycles. The van der Waals surface area contributed by atoms with E-state index in [1.54, 1.807) is 14.2 Å². The van der Waals surface area contributed by atoms with Crippen LogP contribution >= 0.6 is 0 Å². The standard InChI is InChI=1S/C20H31N3O6S/c1-27-18-6-5-16(14-19(18)28-2)7-8-21-20(24)17-4-3-9-23(15-17)30(25,26)22-10-12-29-13-11-22/h5-6,14,17H,3-4,7-13,15H2,1-2H3,(H,21,24). The van der Waals surface area contributed by atoms with Crippen LogP contribution in [0.2, 0.25) is 0 Å². The molecule has 0 bridgehead atoms. The van der Waals surface area contributed by atoms with Gasteiger partial charge in [0.15, 0.2) is 11.5 Å². The van der Waals surface area contributed by atoms with E-state index in [-0.39, 0.29) is 18.4 Å². The number of carbonyl (C=O) groups is 1. The zero-order valence-electron chi connectivity index (χ0n) is 17.6. The number of nitrogens with zero attached hydrogens (tertiary/aromatic N) is 2. The Balaban J connectivity index is 1.52. The van der Waals surface area contributed by atoms with Crippen molar-refractivity contribution in [3.05, 3.63) is 23.8 Å². The lowest BCUT2D eigenvalue weighted by molar-refractivity contribution is -0.126. The van der Waals surface area contributed by atoms with Crippen LogP contribution in [0.5, 0.6) is 11.5 Å². The number of hydrogen-bond acceptors (Lipinski definition) is 6. The molecule has 10 heteroatoms. The molecule has 0 aromatic heterocycles. The SMILES string of the molecule is COc1ccc(CCNC(=O)C2CCCN(S(=O)(=O)N3CCOCC3)C2)cc1OC. The minimum Gasteiger partial charge on any atom is -0.493 e. The van der Waals surface area contributed by atoms with Crippen molar-refractivity contribution < 1.29 is 27.4 Å². The van der Waals surface area contributed by atoms with Gasteiger partial charge < -0.3 is 19.5 Å². The monoisotopic (exact) mass is 441 g/mol. The normalized spacial score (nSPS) is 21.2. The Morgan fingerprint density at radius 2 is 1.87 bits per heavy atom. The van der Waals surface area contributed by atoms with Gasteiger partial charge in [0.2, 0.25) is 5.91 Å². The predicted octanol–water partition coefficient (Wildman–Crippen LogP) is 0.652. The van der Waals surface area contributed by atoms with E-state index in [1.807, 2.05) is 18.2 Å². The summed E-state index contributed by atoms with van der Waals surface area (Å²) in [4.78, 5) is 12.6. The number of amides is 1. The molecule has 1 unspecified atom stereocenters. The van der Waals surface area contributed by atoms with Crippen LogP contribution in [0, 0.1) is 5.92 Å². The maximum Gasteiger partial charge on any atom is 0.282 e. The first-order valence-electron chi connectivity index (χ1n) is 10.3. The Morgan fingerprint density at radius 1 is 1.13 bits per heavy atom. The molecule has 0 spiro atoms. The fraction of sp³-hybridized carbons (Fsp3) is 0.650. The van der Waals surface area contributed by atoms with Gasteiger partial charge in [-0.1, -0.05) is 6.07 Å². The highest BCUT2D eigenvalue weighted by molar-refractivity contribution is 7.86. The van der Waals surface area contributed by atoms with Crippen LogP contribution in [0.4, 0.5) is 0 Å². The van der Waals surface area contributed by atoms with Crippen LogP contribution in [0.15, 0.2) is 18.2 Å². The molecule has 0 saturated carbocycles. The summed E-state index contributed by atoms with van der Waals surface area (Å²) in [5, 5.41) is 2.95. The molecule has 0 radical (unpaired) electrons. The van der Waals surface area contributed by atoms with Crippen LogP contribution in [0.25, 0.3) is 0 Å². The van der Waals surface area contributed by atoms with Gasteiger partial charge in [-0.3, -0.25) is 4.79 Å². The number of methoxy groups -OCH3 is 2. The van der Waals surface area contributed by atoms with E-state index < -0.39 is 10.2 Å². The summed E-state index contributed by atoms with van der Waals surface area (Å²) < 4.78 is 44.4. The van der Waals surface area contributed by atoms with Crippen LogP contribution in [-0.4, -0.2) is 83.1 Å². The molecule has 2 heterocycles. The van der Waals surface area contributed by atoms with Crippen molar-refractivity contribution in [2.24, 2.45) is 5.92 Å². The number of hydrogen-bond donors (Lipinski definition) is 1. The third kappa shape index (κ3) is 5.42. The molecule has 2 aliphatic rings. The van der Waals surface area contributed by atoms with E-state index in [1.165, 1.54) is 8.61 Å². The quantitative estimate of drug-likeness (QED) is 0.636. The first kappa shape index (κ1) is 22.8. The maximum absolute atomic E-state index is 12.9. The highest BCUT2D eigenvalue weighted by atomic mass is 32.2. The molecular weight excluding hydrogens is 410 g/mol. The van der Waals surface area contributed by atoms with Crippen LogP contribution in [-0.2, 0) is 26.2 Å². The second-order valence-corrected chi connectivity index (χ2v) is 9.38.